The number of pyridine rings is 1. The van der Waals surface area contributed by atoms with Gasteiger partial charge in [-0.1, -0.05) is 30.3 Å². The molecule has 1 N–H and O–H groups in total. The highest BCUT2D eigenvalue weighted by molar-refractivity contribution is 5.65. The van der Waals surface area contributed by atoms with Crippen molar-refractivity contribution in [2.75, 3.05) is 0 Å². The van der Waals surface area contributed by atoms with Gasteiger partial charge in [0.15, 0.2) is 0 Å². The van der Waals surface area contributed by atoms with Gasteiger partial charge >= 0.3 is 0 Å². The number of rotatable bonds is 2. The standard InChI is InChI=1S/C13H12NO/c1-10(15)12-7-8-14-9-13(12)11-5-3-2-4-6-11/h2-8,10,15H,1H3. The molecular formula is C13H12NO. The minimum absolute atomic E-state index is 0.501. The van der Waals surface area contributed by atoms with Crippen LogP contribution in [0.1, 0.15) is 18.6 Å². The van der Waals surface area contributed by atoms with Gasteiger partial charge in [0.1, 0.15) is 0 Å². The first kappa shape index (κ1) is 9.87. The zero-order valence-corrected chi connectivity index (χ0v) is 8.51. The SMILES string of the molecule is CC(O)c1ccn[c]c1-c1ccccc1. The van der Waals surface area contributed by atoms with Gasteiger partial charge in [-0.15, -0.1) is 0 Å². The van der Waals surface area contributed by atoms with Crippen molar-refractivity contribution in [3.8, 4) is 11.1 Å². The fourth-order valence-electron chi connectivity index (χ4n) is 1.55. The summed E-state index contributed by atoms with van der Waals surface area (Å²) in [6.07, 6.45) is 4.07. The van der Waals surface area contributed by atoms with E-state index in [1.807, 2.05) is 36.4 Å². The average molecular weight is 198 g/mol. The largest absolute Gasteiger partial charge is 0.389 e. The lowest BCUT2D eigenvalue weighted by Gasteiger charge is -2.10. The van der Waals surface area contributed by atoms with Crippen molar-refractivity contribution in [1.82, 2.24) is 4.98 Å². The lowest BCUT2D eigenvalue weighted by atomic mass is 9.99. The number of hydrogen-bond donors (Lipinski definition) is 1. The van der Waals surface area contributed by atoms with Crippen molar-refractivity contribution in [3.05, 3.63) is 54.4 Å². The van der Waals surface area contributed by atoms with Crippen molar-refractivity contribution in [2.45, 2.75) is 13.0 Å². The van der Waals surface area contributed by atoms with Crippen LogP contribution in [0.4, 0.5) is 0 Å². The molecule has 0 aliphatic carbocycles. The molecule has 0 saturated heterocycles. The molecule has 2 rings (SSSR count). The van der Waals surface area contributed by atoms with Crippen LogP contribution in [0.2, 0.25) is 0 Å². The first-order valence-electron chi connectivity index (χ1n) is 4.89. The molecule has 1 atom stereocenters. The van der Waals surface area contributed by atoms with Gasteiger partial charge in [0.25, 0.3) is 0 Å². The van der Waals surface area contributed by atoms with Crippen LogP contribution in [0.3, 0.4) is 0 Å². The molecular weight excluding hydrogens is 186 g/mol. The van der Waals surface area contributed by atoms with E-state index in [1.54, 1.807) is 13.1 Å². The van der Waals surface area contributed by atoms with Crippen LogP contribution in [-0.2, 0) is 0 Å². The highest BCUT2D eigenvalue weighted by atomic mass is 16.3. The van der Waals surface area contributed by atoms with Gasteiger partial charge in [-0.2, -0.15) is 0 Å². The van der Waals surface area contributed by atoms with Crippen LogP contribution in [0.25, 0.3) is 11.1 Å². The summed E-state index contributed by atoms with van der Waals surface area (Å²) in [4.78, 5) is 3.97. The minimum atomic E-state index is -0.501. The Hall–Kier alpha value is -1.67. The maximum atomic E-state index is 9.62. The van der Waals surface area contributed by atoms with Crippen LogP contribution >= 0.6 is 0 Å². The van der Waals surface area contributed by atoms with Gasteiger partial charge in [0.05, 0.1) is 12.3 Å². The number of aliphatic hydroxyl groups excluding tert-OH is 1. The van der Waals surface area contributed by atoms with Crippen molar-refractivity contribution in [2.24, 2.45) is 0 Å². The number of hydrogen-bond acceptors (Lipinski definition) is 2. The lowest BCUT2D eigenvalue weighted by molar-refractivity contribution is 0.200. The van der Waals surface area contributed by atoms with E-state index in [1.165, 1.54) is 0 Å². The molecule has 0 spiro atoms. The third-order valence-electron chi connectivity index (χ3n) is 2.31. The van der Waals surface area contributed by atoms with Gasteiger partial charge in [0.2, 0.25) is 0 Å². The van der Waals surface area contributed by atoms with E-state index in [2.05, 4.69) is 11.2 Å². The molecule has 0 aliphatic heterocycles. The predicted octanol–water partition coefficient (Wildman–Crippen LogP) is 2.60. The second-order valence-corrected chi connectivity index (χ2v) is 3.43. The van der Waals surface area contributed by atoms with Crippen molar-refractivity contribution in [3.63, 3.8) is 0 Å². The smallest absolute Gasteiger partial charge is 0.0974 e. The van der Waals surface area contributed by atoms with Gasteiger partial charge in [-0.3, -0.25) is 4.98 Å². The van der Waals surface area contributed by atoms with E-state index in [9.17, 15) is 5.11 Å². The van der Waals surface area contributed by atoms with Gasteiger partial charge in [-0.25, -0.2) is 0 Å². The first-order valence-corrected chi connectivity index (χ1v) is 4.89. The highest BCUT2D eigenvalue weighted by Gasteiger charge is 2.09. The summed E-state index contributed by atoms with van der Waals surface area (Å²) in [6.45, 7) is 1.75. The summed E-state index contributed by atoms with van der Waals surface area (Å²) >= 11 is 0. The molecule has 0 saturated carbocycles. The van der Waals surface area contributed by atoms with Crippen LogP contribution in [0, 0.1) is 6.20 Å². The Morgan fingerprint density at radius 1 is 1.20 bits per heavy atom. The molecule has 0 fully saturated rings. The molecule has 15 heavy (non-hydrogen) atoms. The number of nitrogens with zero attached hydrogens (tertiary/aromatic N) is 1. The maximum Gasteiger partial charge on any atom is 0.0974 e. The molecule has 1 aromatic heterocycles. The minimum Gasteiger partial charge on any atom is -0.389 e. The number of benzene rings is 1. The number of aliphatic hydroxyl groups is 1. The monoisotopic (exact) mass is 198 g/mol. The van der Waals surface area contributed by atoms with Crippen LogP contribution in [0.5, 0.6) is 0 Å². The van der Waals surface area contributed by atoms with Gasteiger partial charge in [-0.05, 0) is 24.1 Å². The van der Waals surface area contributed by atoms with E-state index in [-0.39, 0.29) is 0 Å². The summed E-state index contributed by atoms with van der Waals surface area (Å²) in [5, 5.41) is 9.62. The molecule has 2 nitrogen and oxygen atoms in total. The Bertz CT molecular complexity index is 437. The van der Waals surface area contributed by atoms with Crippen LogP contribution in [-0.4, -0.2) is 10.1 Å². The van der Waals surface area contributed by atoms with Gasteiger partial charge in [0, 0.05) is 11.8 Å². The summed E-state index contributed by atoms with van der Waals surface area (Å²) in [6, 6.07) is 11.7. The zero-order valence-electron chi connectivity index (χ0n) is 8.51. The Morgan fingerprint density at radius 2 is 1.93 bits per heavy atom. The lowest BCUT2D eigenvalue weighted by Crippen LogP contribution is -1.95. The fraction of sp³-hybridized carbons (Fsp3) is 0.154. The molecule has 1 heterocycles. The Balaban J connectivity index is 2.53. The Labute approximate surface area is 89.2 Å². The Kier molecular flexibility index (Phi) is 2.79. The van der Waals surface area contributed by atoms with E-state index in [0.717, 1.165) is 16.7 Å². The highest BCUT2D eigenvalue weighted by Crippen LogP contribution is 2.26. The maximum absolute atomic E-state index is 9.62. The normalized spacial score (nSPS) is 12.4. The first-order chi connectivity index (χ1) is 7.29. The summed E-state index contributed by atoms with van der Waals surface area (Å²) in [7, 11) is 0. The van der Waals surface area contributed by atoms with Crippen LogP contribution in [0.15, 0.2) is 42.6 Å². The molecule has 75 valence electrons. The Morgan fingerprint density at radius 3 is 2.60 bits per heavy atom. The molecule has 2 heteroatoms. The summed E-state index contributed by atoms with van der Waals surface area (Å²) < 4.78 is 0. The average Bonchev–Trinajstić information content (AvgIpc) is 2.30. The number of aromatic nitrogens is 1. The third-order valence-corrected chi connectivity index (χ3v) is 2.31. The van der Waals surface area contributed by atoms with Gasteiger partial charge < -0.3 is 5.11 Å². The summed E-state index contributed by atoms with van der Waals surface area (Å²) in [5.41, 5.74) is 2.76. The van der Waals surface area contributed by atoms with E-state index >= 15 is 0 Å². The topological polar surface area (TPSA) is 33.1 Å². The zero-order chi connectivity index (χ0) is 10.7. The van der Waals surface area contributed by atoms with E-state index < -0.39 is 6.10 Å². The van der Waals surface area contributed by atoms with Crippen LogP contribution < -0.4 is 0 Å². The van der Waals surface area contributed by atoms with E-state index in [0.29, 0.717) is 0 Å². The fourth-order valence-corrected chi connectivity index (χ4v) is 1.55. The van der Waals surface area contributed by atoms with Crippen molar-refractivity contribution >= 4 is 0 Å². The second kappa shape index (κ2) is 4.24. The molecule has 0 bridgehead atoms. The predicted molar refractivity (Wildman–Crippen MR) is 59.1 cm³/mol. The quantitative estimate of drug-likeness (QED) is 0.804. The molecule has 1 aromatic carbocycles. The molecule has 1 radical (unpaired) electrons. The molecule has 1 unspecified atom stereocenters. The third kappa shape index (κ3) is 2.05. The molecule has 2 aromatic rings. The second-order valence-electron chi connectivity index (χ2n) is 3.43. The van der Waals surface area contributed by atoms with Crippen molar-refractivity contribution in [1.29, 1.82) is 0 Å². The summed E-state index contributed by atoms with van der Waals surface area (Å²) in [5.74, 6) is 0. The molecule has 0 amide bonds. The van der Waals surface area contributed by atoms with E-state index in [4.69, 9.17) is 0 Å². The molecule has 0 aliphatic rings. The van der Waals surface area contributed by atoms with Crippen molar-refractivity contribution < 1.29 is 5.11 Å².